The van der Waals surface area contributed by atoms with Crippen LogP contribution in [0, 0.1) is 5.41 Å². The molecule has 0 spiro atoms. The average molecular weight is 288 g/mol. The zero-order valence-electron chi connectivity index (χ0n) is 10.9. The van der Waals surface area contributed by atoms with Crippen molar-refractivity contribution in [3.8, 4) is 0 Å². The molecule has 0 aliphatic heterocycles. The molecule has 8 heteroatoms. The van der Waals surface area contributed by atoms with E-state index in [1.54, 1.807) is 20.8 Å². The molecule has 0 heterocycles. The fourth-order valence-corrected chi connectivity index (χ4v) is 2.92. The first-order valence-corrected chi connectivity index (χ1v) is 8.62. The van der Waals surface area contributed by atoms with Crippen molar-refractivity contribution < 1.29 is 25.2 Å². The molecule has 0 bridgehead atoms. The highest BCUT2D eigenvalue weighted by Crippen LogP contribution is 2.28. The fourth-order valence-electron chi connectivity index (χ4n) is 1.44. The van der Waals surface area contributed by atoms with E-state index in [2.05, 4.69) is 0 Å². The predicted molar refractivity (Wildman–Crippen MR) is 64.6 cm³/mol. The van der Waals surface area contributed by atoms with Crippen LogP contribution >= 0.6 is 0 Å². The monoisotopic (exact) mass is 288 g/mol. The van der Waals surface area contributed by atoms with Crippen molar-refractivity contribution in [1.82, 2.24) is 0 Å². The van der Waals surface area contributed by atoms with Crippen LogP contribution in [-0.4, -0.2) is 41.6 Å². The van der Waals surface area contributed by atoms with E-state index in [4.69, 9.17) is 8.37 Å². The van der Waals surface area contributed by atoms with Gasteiger partial charge in [-0.25, -0.2) is 0 Å². The van der Waals surface area contributed by atoms with E-state index in [-0.39, 0.29) is 0 Å². The summed E-state index contributed by atoms with van der Waals surface area (Å²) in [7, 11) is -7.34. The highest BCUT2D eigenvalue weighted by Gasteiger charge is 2.36. The molecule has 0 saturated heterocycles. The first-order valence-electron chi connectivity index (χ1n) is 4.99. The summed E-state index contributed by atoms with van der Waals surface area (Å²) in [6.45, 7) is 6.68. The summed E-state index contributed by atoms with van der Waals surface area (Å²) in [5.41, 5.74) is -0.576. The van der Waals surface area contributed by atoms with E-state index in [9.17, 15) is 16.8 Å². The average Bonchev–Trinajstić information content (AvgIpc) is 1.92. The van der Waals surface area contributed by atoms with Crippen molar-refractivity contribution in [3.63, 3.8) is 0 Å². The molecule has 0 saturated carbocycles. The summed E-state index contributed by atoms with van der Waals surface area (Å²) in [5, 5.41) is 0. The third-order valence-electron chi connectivity index (χ3n) is 1.88. The quantitative estimate of drug-likeness (QED) is 0.694. The van der Waals surface area contributed by atoms with Crippen LogP contribution in [0.15, 0.2) is 0 Å². The van der Waals surface area contributed by atoms with Crippen molar-refractivity contribution in [1.29, 1.82) is 0 Å². The van der Waals surface area contributed by atoms with Crippen LogP contribution in [0.1, 0.15) is 27.7 Å². The van der Waals surface area contributed by atoms with E-state index in [0.717, 1.165) is 12.5 Å². The molecular formula is C9H20O6S2. The van der Waals surface area contributed by atoms with Gasteiger partial charge in [0.1, 0.15) is 12.2 Å². The van der Waals surface area contributed by atoms with Gasteiger partial charge in [-0.1, -0.05) is 20.8 Å². The maximum absolute atomic E-state index is 11.1. The summed E-state index contributed by atoms with van der Waals surface area (Å²) in [5.74, 6) is 0. The lowest BCUT2D eigenvalue weighted by molar-refractivity contribution is 0.00325. The molecule has 2 unspecified atom stereocenters. The first-order chi connectivity index (χ1) is 7.22. The van der Waals surface area contributed by atoms with Crippen molar-refractivity contribution in [2.75, 3.05) is 12.5 Å². The third kappa shape index (κ3) is 7.69. The van der Waals surface area contributed by atoms with Gasteiger partial charge in [0.25, 0.3) is 20.2 Å². The summed E-state index contributed by atoms with van der Waals surface area (Å²) in [6.07, 6.45) is 0.0507. The largest absolute Gasteiger partial charge is 0.264 e. The van der Waals surface area contributed by atoms with Gasteiger partial charge in [-0.15, -0.1) is 0 Å². The maximum Gasteiger partial charge on any atom is 0.264 e. The van der Waals surface area contributed by atoms with Gasteiger partial charge in [-0.3, -0.25) is 8.37 Å². The molecule has 17 heavy (non-hydrogen) atoms. The molecule has 104 valence electrons. The van der Waals surface area contributed by atoms with Crippen molar-refractivity contribution in [3.05, 3.63) is 0 Å². The summed E-state index contributed by atoms with van der Waals surface area (Å²) in [6, 6.07) is 0. The highest BCUT2D eigenvalue weighted by atomic mass is 32.2. The van der Waals surface area contributed by atoms with Gasteiger partial charge >= 0.3 is 0 Å². The Morgan fingerprint density at radius 3 is 1.47 bits per heavy atom. The molecule has 0 aromatic rings. The molecule has 0 rings (SSSR count). The number of rotatable bonds is 5. The van der Waals surface area contributed by atoms with Crippen LogP contribution in [0.5, 0.6) is 0 Å². The molecule has 0 aliphatic carbocycles. The van der Waals surface area contributed by atoms with E-state index in [0.29, 0.717) is 0 Å². The zero-order chi connectivity index (χ0) is 14.1. The highest BCUT2D eigenvalue weighted by molar-refractivity contribution is 7.86. The predicted octanol–water partition coefficient (Wildman–Crippen LogP) is 0.742. The Bertz CT molecular complexity index is 442. The van der Waals surface area contributed by atoms with Gasteiger partial charge in [0.15, 0.2) is 0 Å². The van der Waals surface area contributed by atoms with E-state index in [1.807, 2.05) is 0 Å². The fraction of sp³-hybridized carbons (Fsp3) is 1.00. The zero-order valence-corrected chi connectivity index (χ0v) is 12.6. The van der Waals surface area contributed by atoms with Crippen LogP contribution < -0.4 is 0 Å². The SMILES string of the molecule is CC(OS(C)(=O)=O)C(OS(C)(=O)=O)C(C)(C)C. The minimum atomic E-state index is -3.68. The third-order valence-corrected chi connectivity index (χ3v) is 3.10. The lowest BCUT2D eigenvalue weighted by atomic mass is 9.86. The Kier molecular flexibility index (Phi) is 5.16. The topological polar surface area (TPSA) is 86.7 Å². The van der Waals surface area contributed by atoms with Crippen LogP contribution in [0.4, 0.5) is 0 Å². The Morgan fingerprint density at radius 1 is 0.882 bits per heavy atom. The second-order valence-corrected chi connectivity index (χ2v) is 8.29. The van der Waals surface area contributed by atoms with Gasteiger partial charge < -0.3 is 0 Å². The Hall–Kier alpha value is -0.180. The minimum absolute atomic E-state index is 0.576. The number of hydrogen-bond acceptors (Lipinski definition) is 6. The smallest absolute Gasteiger partial charge is 0.264 e. The standard InChI is InChI=1S/C9H20O6S2/c1-7(14-16(5,10)11)8(9(2,3)4)15-17(6,12)13/h7-8H,1-6H3. The molecule has 0 fully saturated rings. The summed E-state index contributed by atoms with van der Waals surface area (Å²) >= 11 is 0. The molecule has 0 aliphatic rings. The molecule has 0 amide bonds. The molecule has 0 N–H and O–H groups in total. The van der Waals surface area contributed by atoms with Gasteiger partial charge in [0.2, 0.25) is 0 Å². The van der Waals surface area contributed by atoms with Gasteiger partial charge in [0.05, 0.1) is 12.5 Å². The van der Waals surface area contributed by atoms with Crippen LogP contribution in [0.25, 0.3) is 0 Å². The summed E-state index contributed by atoms with van der Waals surface area (Å²) < 4.78 is 53.9. The molecule has 0 aromatic carbocycles. The van der Waals surface area contributed by atoms with Crippen LogP contribution in [-0.2, 0) is 28.6 Å². The van der Waals surface area contributed by atoms with Gasteiger partial charge in [-0.2, -0.15) is 16.8 Å². The van der Waals surface area contributed by atoms with Crippen molar-refractivity contribution >= 4 is 20.2 Å². The van der Waals surface area contributed by atoms with E-state index >= 15 is 0 Å². The Balaban J connectivity index is 5.08. The number of hydrogen-bond donors (Lipinski definition) is 0. The summed E-state index contributed by atoms with van der Waals surface area (Å²) in [4.78, 5) is 0. The maximum atomic E-state index is 11.1. The van der Waals surface area contributed by atoms with Gasteiger partial charge in [0, 0.05) is 0 Å². The van der Waals surface area contributed by atoms with E-state index < -0.39 is 37.9 Å². The van der Waals surface area contributed by atoms with Crippen LogP contribution in [0.3, 0.4) is 0 Å². The van der Waals surface area contributed by atoms with E-state index in [1.165, 1.54) is 6.92 Å². The molecule has 2 atom stereocenters. The first kappa shape index (κ1) is 16.8. The second kappa shape index (κ2) is 5.21. The molecule has 0 radical (unpaired) electrons. The van der Waals surface area contributed by atoms with Crippen molar-refractivity contribution in [2.45, 2.75) is 39.9 Å². The normalized spacial score (nSPS) is 17.8. The molecule has 0 aromatic heterocycles. The Morgan fingerprint density at radius 2 is 1.24 bits per heavy atom. The lowest BCUT2D eigenvalue weighted by Crippen LogP contribution is -2.42. The second-order valence-electron chi connectivity index (χ2n) is 5.09. The minimum Gasteiger partial charge on any atom is -0.264 e. The van der Waals surface area contributed by atoms with Crippen molar-refractivity contribution in [2.24, 2.45) is 5.41 Å². The Labute approximate surface area is 104 Å². The lowest BCUT2D eigenvalue weighted by Gasteiger charge is -2.33. The molecule has 6 nitrogen and oxygen atoms in total. The molecular weight excluding hydrogens is 268 g/mol. The van der Waals surface area contributed by atoms with Crippen LogP contribution in [0.2, 0.25) is 0 Å². The van der Waals surface area contributed by atoms with Gasteiger partial charge in [-0.05, 0) is 12.3 Å².